The Bertz CT molecular complexity index is 148. The lowest BCUT2D eigenvalue weighted by Crippen LogP contribution is -2.50. The predicted molar refractivity (Wildman–Crippen MR) is 41.5 cm³/mol. The first kappa shape index (κ1) is 7.53. The fraction of sp³-hybridized carbons (Fsp3) is 1.00. The van der Waals surface area contributed by atoms with Crippen LogP contribution >= 0.6 is 0 Å². The number of ether oxygens (including phenoxy) is 2. The van der Waals surface area contributed by atoms with Gasteiger partial charge in [0.1, 0.15) is 0 Å². The van der Waals surface area contributed by atoms with Gasteiger partial charge in [0.25, 0.3) is 0 Å². The molecule has 2 heterocycles. The molecule has 0 spiro atoms. The number of hydrogen-bond donors (Lipinski definition) is 0. The first-order valence-corrected chi connectivity index (χ1v) is 4.09. The third-order valence-electron chi connectivity index (χ3n) is 2.99. The minimum absolute atomic E-state index is 0.194. The van der Waals surface area contributed by atoms with Gasteiger partial charge in [-0.25, -0.2) is 0 Å². The fourth-order valence-corrected chi connectivity index (χ4v) is 2.01. The number of likely N-dealkylation sites (N-methyl/N-ethyl adjacent to an activating group) is 1. The highest BCUT2D eigenvalue weighted by molar-refractivity contribution is 5.01. The van der Waals surface area contributed by atoms with E-state index in [0.717, 1.165) is 26.4 Å². The average molecular weight is 157 g/mol. The van der Waals surface area contributed by atoms with Gasteiger partial charge in [0, 0.05) is 5.92 Å². The summed E-state index contributed by atoms with van der Waals surface area (Å²) in [5, 5.41) is 0. The second kappa shape index (κ2) is 2.44. The molecule has 0 atom stereocenters. The zero-order valence-corrected chi connectivity index (χ0v) is 7.17. The Morgan fingerprint density at radius 2 is 1.73 bits per heavy atom. The van der Waals surface area contributed by atoms with Crippen LogP contribution in [-0.2, 0) is 9.47 Å². The van der Waals surface area contributed by atoms with E-state index in [1.165, 1.54) is 0 Å². The monoisotopic (exact) mass is 157 g/mol. The molecule has 0 saturated carbocycles. The molecule has 0 N–H and O–H groups in total. The maximum atomic E-state index is 5.45. The van der Waals surface area contributed by atoms with E-state index in [1.54, 1.807) is 0 Å². The SMILES string of the molecule is CN(C)C12COCC1COC2. The molecule has 0 radical (unpaired) electrons. The second-order valence-electron chi connectivity index (χ2n) is 3.73. The van der Waals surface area contributed by atoms with Crippen molar-refractivity contribution in [2.45, 2.75) is 5.54 Å². The molecule has 2 saturated heterocycles. The molecule has 0 aromatic carbocycles. The molecule has 3 heteroatoms. The lowest BCUT2D eigenvalue weighted by atomic mass is 9.90. The van der Waals surface area contributed by atoms with Crippen molar-refractivity contribution >= 4 is 0 Å². The van der Waals surface area contributed by atoms with Crippen molar-refractivity contribution in [2.75, 3.05) is 40.5 Å². The van der Waals surface area contributed by atoms with E-state index in [2.05, 4.69) is 19.0 Å². The van der Waals surface area contributed by atoms with E-state index in [9.17, 15) is 0 Å². The van der Waals surface area contributed by atoms with Gasteiger partial charge in [-0.1, -0.05) is 0 Å². The van der Waals surface area contributed by atoms with E-state index in [1.807, 2.05) is 0 Å². The maximum Gasteiger partial charge on any atom is 0.0746 e. The van der Waals surface area contributed by atoms with Crippen molar-refractivity contribution < 1.29 is 9.47 Å². The fourth-order valence-electron chi connectivity index (χ4n) is 2.01. The van der Waals surface area contributed by atoms with E-state index in [0.29, 0.717) is 5.92 Å². The molecule has 0 bridgehead atoms. The lowest BCUT2D eigenvalue weighted by Gasteiger charge is -2.32. The van der Waals surface area contributed by atoms with Crippen LogP contribution in [0.4, 0.5) is 0 Å². The third-order valence-corrected chi connectivity index (χ3v) is 2.99. The summed E-state index contributed by atoms with van der Waals surface area (Å²) >= 11 is 0. The van der Waals surface area contributed by atoms with E-state index >= 15 is 0 Å². The van der Waals surface area contributed by atoms with Gasteiger partial charge in [0.15, 0.2) is 0 Å². The van der Waals surface area contributed by atoms with Gasteiger partial charge in [-0.05, 0) is 14.1 Å². The largest absolute Gasteiger partial charge is 0.379 e. The molecule has 0 aromatic heterocycles. The van der Waals surface area contributed by atoms with Gasteiger partial charge in [-0.3, -0.25) is 4.90 Å². The van der Waals surface area contributed by atoms with Crippen LogP contribution in [0.1, 0.15) is 0 Å². The van der Waals surface area contributed by atoms with Gasteiger partial charge in [0.05, 0.1) is 32.0 Å². The van der Waals surface area contributed by atoms with Crippen LogP contribution in [0.3, 0.4) is 0 Å². The van der Waals surface area contributed by atoms with Crippen molar-refractivity contribution in [3.8, 4) is 0 Å². The third kappa shape index (κ3) is 0.916. The highest BCUT2D eigenvalue weighted by Crippen LogP contribution is 2.35. The molecule has 2 aliphatic heterocycles. The molecule has 64 valence electrons. The summed E-state index contributed by atoms with van der Waals surface area (Å²) < 4.78 is 10.9. The molecule has 0 amide bonds. The first-order valence-electron chi connectivity index (χ1n) is 4.09. The second-order valence-corrected chi connectivity index (χ2v) is 3.73. The molecule has 2 rings (SSSR count). The number of nitrogens with zero attached hydrogens (tertiary/aromatic N) is 1. The molecular weight excluding hydrogens is 142 g/mol. The van der Waals surface area contributed by atoms with Crippen LogP contribution < -0.4 is 0 Å². The van der Waals surface area contributed by atoms with E-state index in [-0.39, 0.29) is 5.54 Å². The standard InChI is InChI=1S/C8H15NO2/c1-9(2)8-5-10-3-7(8)4-11-6-8/h7H,3-6H2,1-2H3. The van der Waals surface area contributed by atoms with Crippen molar-refractivity contribution in [1.29, 1.82) is 0 Å². The minimum atomic E-state index is 0.194. The smallest absolute Gasteiger partial charge is 0.0746 e. The lowest BCUT2D eigenvalue weighted by molar-refractivity contribution is 0.0589. The Balaban J connectivity index is 2.20. The molecule has 2 aliphatic rings. The quantitative estimate of drug-likeness (QED) is 0.533. The minimum Gasteiger partial charge on any atom is -0.379 e. The van der Waals surface area contributed by atoms with Crippen LogP contribution in [-0.4, -0.2) is 51.0 Å². The molecule has 11 heavy (non-hydrogen) atoms. The highest BCUT2D eigenvalue weighted by atomic mass is 16.5. The Morgan fingerprint density at radius 3 is 2.09 bits per heavy atom. The molecule has 3 nitrogen and oxygen atoms in total. The number of fused-ring (bicyclic) bond motifs is 1. The summed E-state index contributed by atoms with van der Waals surface area (Å²) in [6, 6.07) is 0. The Labute approximate surface area is 67.3 Å². The molecule has 0 aliphatic carbocycles. The average Bonchev–Trinajstić information content (AvgIpc) is 2.40. The predicted octanol–water partition coefficient (Wildman–Crippen LogP) is -0.0366. The van der Waals surface area contributed by atoms with Crippen LogP contribution in [0.5, 0.6) is 0 Å². The number of rotatable bonds is 1. The van der Waals surface area contributed by atoms with Crippen molar-refractivity contribution in [1.82, 2.24) is 4.90 Å². The number of hydrogen-bond acceptors (Lipinski definition) is 3. The van der Waals surface area contributed by atoms with Crippen LogP contribution in [0, 0.1) is 5.92 Å². The Morgan fingerprint density at radius 1 is 1.18 bits per heavy atom. The zero-order valence-electron chi connectivity index (χ0n) is 7.17. The summed E-state index contributed by atoms with van der Waals surface area (Å²) in [7, 11) is 4.22. The van der Waals surface area contributed by atoms with Gasteiger partial charge in [-0.15, -0.1) is 0 Å². The molecule has 0 aromatic rings. The van der Waals surface area contributed by atoms with E-state index < -0.39 is 0 Å². The van der Waals surface area contributed by atoms with Crippen molar-refractivity contribution in [3.63, 3.8) is 0 Å². The van der Waals surface area contributed by atoms with Crippen LogP contribution in [0.25, 0.3) is 0 Å². The van der Waals surface area contributed by atoms with Crippen LogP contribution in [0.15, 0.2) is 0 Å². The Hall–Kier alpha value is -0.120. The topological polar surface area (TPSA) is 21.7 Å². The summed E-state index contributed by atoms with van der Waals surface area (Å²) in [5.74, 6) is 0.595. The summed E-state index contributed by atoms with van der Waals surface area (Å²) in [5.41, 5.74) is 0.194. The van der Waals surface area contributed by atoms with Gasteiger partial charge >= 0.3 is 0 Å². The zero-order chi connectivity index (χ0) is 7.90. The normalized spacial score (nSPS) is 43.4. The van der Waals surface area contributed by atoms with Gasteiger partial charge in [-0.2, -0.15) is 0 Å². The van der Waals surface area contributed by atoms with E-state index in [4.69, 9.17) is 9.47 Å². The van der Waals surface area contributed by atoms with Gasteiger partial charge in [0.2, 0.25) is 0 Å². The molecule has 2 fully saturated rings. The highest BCUT2D eigenvalue weighted by Gasteiger charge is 2.50. The molecule has 0 unspecified atom stereocenters. The summed E-state index contributed by atoms with van der Waals surface area (Å²) in [4.78, 5) is 2.25. The van der Waals surface area contributed by atoms with Crippen molar-refractivity contribution in [3.05, 3.63) is 0 Å². The Kier molecular flexibility index (Phi) is 1.67. The van der Waals surface area contributed by atoms with Gasteiger partial charge < -0.3 is 9.47 Å². The molecular formula is C8H15NO2. The summed E-state index contributed by atoms with van der Waals surface area (Å²) in [6.45, 7) is 3.42. The van der Waals surface area contributed by atoms with Crippen LogP contribution in [0.2, 0.25) is 0 Å². The van der Waals surface area contributed by atoms with Crippen molar-refractivity contribution in [2.24, 2.45) is 5.92 Å². The first-order chi connectivity index (χ1) is 5.26. The summed E-state index contributed by atoms with van der Waals surface area (Å²) in [6.07, 6.45) is 0. The maximum absolute atomic E-state index is 5.45.